The molecule has 4 aromatic carbocycles. The number of carbonyl (C=O) groups excluding carboxylic acids is 2. The molecule has 0 radical (unpaired) electrons. The van der Waals surface area contributed by atoms with E-state index in [-0.39, 0.29) is 36.2 Å². The highest BCUT2D eigenvalue weighted by molar-refractivity contribution is 6.91. The summed E-state index contributed by atoms with van der Waals surface area (Å²) in [4.78, 5) is 42.8. The van der Waals surface area contributed by atoms with Crippen LogP contribution in [-0.4, -0.2) is 78.1 Å². The van der Waals surface area contributed by atoms with Crippen molar-refractivity contribution in [1.29, 1.82) is 0 Å². The Hall–Kier alpha value is -5.90. The van der Waals surface area contributed by atoms with Crippen molar-refractivity contribution in [1.82, 2.24) is 15.0 Å². The van der Waals surface area contributed by atoms with Crippen molar-refractivity contribution in [2.75, 3.05) is 36.7 Å². The van der Waals surface area contributed by atoms with Crippen molar-refractivity contribution < 1.29 is 33.8 Å². The van der Waals surface area contributed by atoms with Crippen LogP contribution >= 0.6 is 0 Å². The zero-order valence-electron chi connectivity index (χ0n) is 32.9. The van der Waals surface area contributed by atoms with Crippen LogP contribution in [0, 0.1) is 16.0 Å². The second-order valence-corrected chi connectivity index (χ2v) is 20.5. The molecular formula is C43H46N6O8Si. The Labute approximate surface area is 337 Å². The summed E-state index contributed by atoms with van der Waals surface area (Å²) >= 11 is 0. The Kier molecular flexibility index (Phi) is 10.4. The second kappa shape index (κ2) is 15.5. The summed E-state index contributed by atoms with van der Waals surface area (Å²) in [5.74, 6) is -0.280. The maximum atomic E-state index is 15.3. The number of cyclic esters (lactones) is 1. The number of ether oxygens (including phenoxy) is 3. The normalized spacial score (nSPS) is 22.1. The number of nitrogens with zero attached hydrogens (tertiary/aromatic N) is 6. The summed E-state index contributed by atoms with van der Waals surface area (Å²) < 4.78 is 19.6. The van der Waals surface area contributed by atoms with E-state index in [1.54, 1.807) is 27.7 Å². The van der Waals surface area contributed by atoms with E-state index in [4.69, 9.17) is 14.2 Å². The van der Waals surface area contributed by atoms with Gasteiger partial charge < -0.3 is 24.2 Å². The fraction of sp³-hybridized carbons (Fsp3) is 0.349. The molecule has 5 aromatic rings. The number of hydrogen-bond donors (Lipinski definition) is 1. The molecule has 15 heteroatoms. The number of aryl methyl sites for hydroxylation is 1. The molecule has 3 aliphatic heterocycles. The van der Waals surface area contributed by atoms with Crippen LogP contribution in [0.3, 0.4) is 0 Å². The van der Waals surface area contributed by atoms with Gasteiger partial charge >= 0.3 is 6.09 Å². The molecule has 0 saturated carbocycles. The Morgan fingerprint density at radius 2 is 1.81 bits per heavy atom. The predicted molar refractivity (Wildman–Crippen MR) is 219 cm³/mol. The number of aliphatic hydroxyl groups is 1. The molecule has 1 unspecified atom stereocenters. The molecule has 4 heterocycles. The highest BCUT2D eigenvalue weighted by Crippen LogP contribution is 2.60. The van der Waals surface area contributed by atoms with Crippen LogP contribution < -0.4 is 19.7 Å². The Morgan fingerprint density at radius 1 is 1.03 bits per heavy atom. The van der Waals surface area contributed by atoms with Crippen molar-refractivity contribution in [3.63, 3.8) is 0 Å². The van der Waals surface area contributed by atoms with Crippen LogP contribution in [0.2, 0.25) is 18.6 Å². The molecular weight excluding hydrogens is 757 g/mol. The predicted octanol–water partition coefficient (Wildman–Crippen LogP) is 6.13. The van der Waals surface area contributed by atoms with Crippen LogP contribution in [0.25, 0.3) is 0 Å². The van der Waals surface area contributed by atoms with Gasteiger partial charge in [0.05, 0.1) is 63.2 Å². The Morgan fingerprint density at radius 3 is 2.50 bits per heavy atom. The van der Waals surface area contributed by atoms with Crippen molar-refractivity contribution in [2.24, 2.45) is 5.92 Å². The topological polar surface area (TPSA) is 162 Å². The summed E-state index contributed by atoms with van der Waals surface area (Å²) in [6.07, 6.45) is 1.45. The molecule has 0 aliphatic carbocycles. The molecule has 1 aromatic heterocycles. The first-order valence-corrected chi connectivity index (χ1v) is 22.6. The number of hydrogen-bond acceptors (Lipinski definition) is 10. The van der Waals surface area contributed by atoms with Crippen molar-refractivity contribution in [3.05, 3.63) is 136 Å². The molecule has 1 N–H and O–H groups in total. The average Bonchev–Trinajstić information content (AvgIpc) is 4.01. The second-order valence-electron chi connectivity index (χ2n) is 15.8. The van der Waals surface area contributed by atoms with E-state index in [1.165, 1.54) is 12.1 Å². The number of nitro groups is 1. The number of rotatable bonds is 13. The van der Waals surface area contributed by atoms with Gasteiger partial charge in [-0.1, -0.05) is 85.0 Å². The number of methoxy groups -OCH3 is 1. The van der Waals surface area contributed by atoms with E-state index in [9.17, 15) is 20.0 Å². The SMILES string of the molecule is COc1ccc([Si](C)(C)[C@H]2[C@H](CCn3cc(C(CO)c4ccccc4)nn3)O[C@@]3(C(=O)N(Cc4cccc(N5CCOC5=O)c4)c4ccc([N+](=O)[O-])cc43)[C@@H]2C)cc1. The van der Waals surface area contributed by atoms with Gasteiger partial charge in [0.25, 0.3) is 11.6 Å². The molecule has 2 amide bonds. The Balaban J connectivity index is 1.17. The zero-order chi connectivity index (χ0) is 40.8. The van der Waals surface area contributed by atoms with E-state index >= 15 is 4.79 Å². The fourth-order valence-electron chi connectivity index (χ4n) is 9.37. The molecule has 1 spiro atoms. The lowest BCUT2D eigenvalue weighted by Gasteiger charge is -2.37. The van der Waals surface area contributed by atoms with Gasteiger partial charge in [0.1, 0.15) is 12.4 Å². The van der Waals surface area contributed by atoms with E-state index in [0.29, 0.717) is 48.7 Å². The van der Waals surface area contributed by atoms with Gasteiger partial charge in [0, 0.05) is 42.0 Å². The van der Waals surface area contributed by atoms with Crippen LogP contribution in [0.4, 0.5) is 21.9 Å². The zero-order valence-corrected chi connectivity index (χ0v) is 33.9. The van der Waals surface area contributed by atoms with Gasteiger partial charge in [0.15, 0.2) is 5.60 Å². The quantitative estimate of drug-likeness (QED) is 0.0833. The fourth-order valence-corrected chi connectivity index (χ4v) is 13.4. The summed E-state index contributed by atoms with van der Waals surface area (Å²) in [5, 5.41) is 32.6. The molecule has 0 bridgehead atoms. The summed E-state index contributed by atoms with van der Waals surface area (Å²) in [6.45, 7) is 7.78. The number of carbonyl (C=O) groups is 2. The third-order valence-electron chi connectivity index (χ3n) is 12.3. The highest BCUT2D eigenvalue weighted by Gasteiger charge is 2.66. The van der Waals surface area contributed by atoms with Crippen LogP contribution in [-0.2, 0) is 33.0 Å². The third-order valence-corrected chi connectivity index (χ3v) is 16.7. The van der Waals surface area contributed by atoms with Gasteiger partial charge in [0.2, 0.25) is 0 Å². The molecule has 14 nitrogen and oxygen atoms in total. The number of nitro benzene ring substituents is 1. The van der Waals surface area contributed by atoms with Crippen LogP contribution in [0.5, 0.6) is 5.75 Å². The third kappa shape index (κ3) is 6.72. The minimum atomic E-state index is -2.53. The number of benzene rings is 4. The summed E-state index contributed by atoms with van der Waals surface area (Å²) in [5.41, 5.74) is 2.26. The maximum absolute atomic E-state index is 15.3. The standard InChI is InChI=1S/C43H46N6O8Si/c1-28-40(58(3,4)34-16-14-33(55-2)15-17-34)39(19-20-46-26-37(44-45-46)35(27-50)30-10-6-5-7-11-30)57-43(28)36-24-32(49(53)54)13-18-38(36)48(41(43)51)25-29-9-8-12-31(23-29)47-21-22-56-42(47)52/h5-18,23-24,26,28,35,39-40,50H,19-22,25,27H2,1-4H3/t28-,35?,39+,40-,43+/m1/s1. The lowest BCUT2D eigenvalue weighted by atomic mass is 9.82. The number of aromatic nitrogens is 3. The average molecular weight is 803 g/mol. The summed E-state index contributed by atoms with van der Waals surface area (Å²) in [7, 11) is -0.895. The first-order valence-electron chi connectivity index (χ1n) is 19.5. The first kappa shape index (κ1) is 38.9. The number of non-ortho nitro benzene ring substituents is 1. The lowest BCUT2D eigenvalue weighted by Crippen LogP contribution is -2.51. The molecule has 2 saturated heterocycles. The highest BCUT2D eigenvalue weighted by atomic mass is 28.3. The minimum absolute atomic E-state index is 0.126. The van der Waals surface area contributed by atoms with Crippen LogP contribution in [0.1, 0.15) is 41.6 Å². The van der Waals surface area contributed by atoms with Crippen LogP contribution in [0.15, 0.2) is 103 Å². The number of amides is 2. The number of anilines is 2. The minimum Gasteiger partial charge on any atom is -0.497 e. The molecule has 2 fully saturated rings. The molecule has 3 aliphatic rings. The first-order chi connectivity index (χ1) is 28.0. The Bertz CT molecular complexity index is 2340. The van der Waals surface area contributed by atoms with Crippen molar-refractivity contribution in [3.8, 4) is 5.75 Å². The monoisotopic (exact) mass is 802 g/mol. The van der Waals surface area contributed by atoms with Crippen molar-refractivity contribution in [2.45, 2.75) is 62.7 Å². The molecule has 58 heavy (non-hydrogen) atoms. The smallest absolute Gasteiger partial charge is 0.414 e. The molecule has 5 atom stereocenters. The van der Waals surface area contributed by atoms with Gasteiger partial charge in [-0.2, -0.15) is 0 Å². The van der Waals surface area contributed by atoms with E-state index < -0.39 is 36.7 Å². The molecule has 8 rings (SSSR count). The maximum Gasteiger partial charge on any atom is 0.414 e. The van der Waals surface area contributed by atoms with E-state index in [2.05, 4.69) is 35.5 Å². The van der Waals surface area contributed by atoms with Crippen molar-refractivity contribution >= 4 is 42.3 Å². The van der Waals surface area contributed by atoms with Gasteiger partial charge in [-0.15, -0.1) is 5.10 Å². The lowest BCUT2D eigenvalue weighted by molar-refractivity contribution is -0.385. The van der Waals surface area contributed by atoms with Gasteiger partial charge in [-0.3, -0.25) is 24.5 Å². The number of aliphatic hydroxyl groups excluding tert-OH is 1. The molecule has 300 valence electrons. The van der Waals surface area contributed by atoms with Gasteiger partial charge in [-0.05, 0) is 53.4 Å². The van der Waals surface area contributed by atoms with Gasteiger partial charge in [-0.25, -0.2) is 4.79 Å². The number of fused-ring (bicyclic) bond motifs is 2. The summed E-state index contributed by atoms with van der Waals surface area (Å²) in [6, 6.07) is 29.8. The van der Waals surface area contributed by atoms with E-state index in [0.717, 1.165) is 22.1 Å². The van der Waals surface area contributed by atoms with E-state index in [1.807, 2.05) is 79.9 Å². The largest absolute Gasteiger partial charge is 0.497 e.